The summed E-state index contributed by atoms with van der Waals surface area (Å²) in [6.45, 7) is 4.20. The van der Waals surface area contributed by atoms with Gasteiger partial charge in [0.15, 0.2) is 5.69 Å². The minimum Gasteiger partial charge on any atom is -0.493 e. The first-order valence-electron chi connectivity index (χ1n) is 4.85. The van der Waals surface area contributed by atoms with Crippen LogP contribution in [0.25, 0.3) is 10.9 Å². The molecule has 4 nitrogen and oxygen atoms in total. The van der Waals surface area contributed by atoms with Gasteiger partial charge in [-0.05, 0) is 23.6 Å². The summed E-state index contributed by atoms with van der Waals surface area (Å²) in [7, 11) is 0. The van der Waals surface area contributed by atoms with Gasteiger partial charge in [-0.1, -0.05) is 19.9 Å². The van der Waals surface area contributed by atoms with E-state index in [1.807, 2.05) is 18.2 Å². The van der Waals surface area contributed by atoms with Crippen LogP contribution < -0.4 is 0 Å². The number of rotatable bonds is 2. The van der Waals surface area contributed by atoms with Crippen molar-refractivity contribution in [2.24, 2.45) is 5.11 Å². The molecule has 0 radical (unpaired) electrons. The van der Waals surface area contributed by atoms with Crippen LogP contribution in [0.2, 0.25) is 0 Å². The van der Waals surface area contributed by atoms with Gasteiger partial charge in [-0.25, -0.2) is 5.53 Å². The molecule has 0 aliphatic heterocycles. The number of nitrogens with zero attached hydrogens (tertiary/aromatic N) is 1. The van der Waals surface area contributed by atoms with Crippen molar-refractivity contribution in [2.45, 2.75) is 19.8 Å². The van der Waals surface area contributed by atoms with Gasteiger partial charge in [-0.3, -0.25) is 0 Å². The number of fused-ring (bicyclic) bond motifs is 1. The Labute approximate surface area is 87.4 Å². The van der Waals surface area contributed by atoms with E-state index in [0.717, 1.165) is 10.9 Å². The molecule has 0 amide bonds. The summed E-state index contributed by atoms with van der Waals surface area (Å²) < 4.78 is 0. The highest BCUT2D eigenvalue weighted by atomic mass is 16.3. The Morgan fingerprint density at radius 1 is 1.40 bits per heavy atom. The average Bonchev–Trinajstić information content (AvgIpc) is 2.51. The van der Waals surface area contributed by atoms with Crippen molar-refractivity contribution in [1.29, 1.82) is 5.53 Å². The van der Waals surface area contributed by atoms with E-state index in [0.29, 0.717) is 11.6 Å². The minimum atomic E-state index is -0.0408. The molecule has 1 aromatic heterocycles. The van der Waals surface area contributed by atoms with Gasteiger partial charge in [-0.15, -0.1) is 0 Å². The fourth-order valence-corrected chi connectivity index (χ4v) is 1.65. The number of H-pyrrole nitrogens is 1. The van der Waals surface area contributed by atoms with Crippen molar-refractivity contribution in [3.05, 3.63) is 23.8 Å². The van der Waals surface area contributed by atoms with Crippen molar-refractivity contribution < 1.29 is 5.11 Å². The van der Waals surface area contributed by atoms with Crippen LogP contribution in [0.15, 0.2) is 23.3 Å². The standard InChI is InChI=1S/C11H13N3O/c1-6(2)7-3-4-9-8(5-7)10(14-12)11(15)13-9/h3-6,12-13,15H,1-2H3. The van der Waals surface area contributed by atoms with Gasteiger partial charge in [0.05, 0.1) is 5.52 Å². The molecule has 0 aliphatic carbocycles. The molecule has 4 heteroatoms. The first kappa shape index (κ1) is 9.71. The van der Waals surface area contributed by atoms with E-state index in [1.165, 1.54) is 5.56 Å². The van der Waals surface area contributed by atoms with Gasteiger partial charge in [0.25, 0.3) is 0 Å². The van der Waals surface area contributed by atoms with Gasteiger partial charge in [0, 0.05) is 5.39 Å². The lowest BCUT2D eigenvalue weighted by molar-refractivity contribution is 0.459. The number of hydrogen-bond acceptors (Lipinski definition) is 3. The third kappa shape index (κ3) is 1.48. The van der Waals surface area contributed by atoms with Crippen LogP contribution in [0.5, 0.6) is 5.88 Å². The predicted molar refractivity (Wildman–Crippen MR) is 58.9 cm³/mol. The third-order valence-electron chi connectivity index (χ3n) is 2.55. The molecule has 2 rings (SSSR count). The van der Waals surface area contributed by atoms with Gasteiger partial charge < -0.3 is 10.1 Å². The van der Waals surface area contributed by atoms with E-state index >= 15 is 0 Å². The summed E-state index contributed by atoms with van der Waals surface area (Å²) in [4.78, 5) is 2.79. The highest BCUT2D eigenvalue weighted by molar-refractivity contribution is 5.94. The van der Waals surface area contributed by atoms with Crippen LogP contribution in [-0.2, 0) is 0 Å². The summed E-state index contributed by atoms with van der Waals surface area (Å²) in [6, 6.07) is 5.87. The van der Waals surface area contributed by atoms with Gasteiger partial charge in [0.2, 0.25) is 5.88 Å². The Kier molecular flexibility index (Phi) is 2.19. The van der Waals surface area contributed by atoms with Crippen LogP contribution in [0, 0.1) is 5.53 Å². The molecule has 3 N–H and O–H groups in total. The molecular weight excluding hydrogens is 190 g/mol. The smallest absolute Gasteiger partial charge is 0.218 e. The molecule has 0 atom stereocenters. The van der Waals surface area contributed by atoms with E-state index in [4.69, 9.17) is 5.53 Å². The molecule has 0 saturated heterocycles. The van der Waals surface area contributed by atoms with Gasteiger partial charge in [-0.2, -0.15) is 5.11 Å². The zero-order chi connectivity index (χ0) is 11.0. The molecule has 1 heterocycles. The Balaban J connectivity index is 2.73. The SMILES string of the molecule is CC(C)c1ccc2[nH]c(O)c(N=N)c2c1. The summed E-state index contributed by atoms with van der Waals surface area (Å²) >= 11 is 0. The molecule has 1 aromatic carbocycles. The largest absolute Gasteiger partial charge is 0.493 e. The van der Waals surface area contributed by atoms with E-state index in [9.17, 15) is 5.11 Å². The number of benzene rings is 1. The zero-order valence-electron chi connectivity index (χ0n) is 8.70. The highest BCUT2D eigenvalue weighted by Crippen LogP contribution is 2.36. The molecular formula is C11H13N3O. The molecule has 0 unspecified atom stereocenters. The van der Waals surface area contributed by atoms with E-state index in [2.05, 4.69) is 23.9 Å². The fraction of sp³-hybridized carbons (Fsp3) is 0.273. The fourth-order valence-electron chi connectivity index (χ4n) is 1.65. The van der Waals surface area contributed by atoms with Crippen molar-refractivity contribution in [1.82, 2.24) is 4.98 Å². The molecule has 0 aliphatic rings. The molecule has 0 bridgehead atoms. The second-order valence-electron chi connectivity index (χ2n) is 3.89. The van der Waals surface area contributed by atoms with Crippen molar-refractivity contribution in [2.75, 3.05) is 0 Å². The van der Waals surface area contributed by atoms with E-state index < -0.39 is 0 Å². The normalized spacial score (nSPS) is 11.1. The number of aromatic nitrogens is 1. The quantitative estimate of drug-likeness (QED) is 0.640. The maximum absolute atomic E-state index is 9.49. The average molecular weight is 203 g/mol. The maximum atomic E-state index is 9.49. The molecule has 15 heavy (non-hydrogen) atoms. The van der Waals surface area contributed by atoms with Crippen molar-refractivity contribution in [3.63, 3.8) is 0 Å². The van der Waals surface area contributed by atoms with Crippen LogP contribution >= 0.6 is 0 Å². The van der Waals surface area contributed by atoms with Crippen molar-refractivity contribution >= 4 is 16.6 Å². The van der Waals surface area contributed by atoms with E-state index in [1.54, 1.807) is 0 Å². The van der Waals surface area contributed by atoms with Crippen LogP contribution in [0.1, 0.15) is 25.3 Å². The molecule has 2 aromatic rings. The lowest BCUT2D eigenvalue weighted by atomic mass is 10.0. The Morgan fingerprint density at radius 2 is 2.13 bits per heavy atom. The highest BCUT2D eigenvalue weighted by Gasteiger charge is 2.11. The Morgan fingerprint density at radius 3 is 2.73 bits per heavy atom. The summed E-state index contributed by atoms with van der Waals surface area (Å²) in [6.07, 6.45) is 0. The first-order chi connectivity index (χ1) is 7.13. The second kappa shape index (κ2) is 3.38. The zero-order valence-corrected chi connectivity index (χ0v) is 8.70. The van der Waals surface area contributed by atoms with Crippen molar-refractivity contribution in [3.8, 4) is 5.88 Å². The third-order valence-corrected chi connectivity index (χ3v) is 2.55. The lowest BCUT2D eigenvalue weighted by Crippen LogP contribution is -1.85. The first-order valence-corrected chi connectivity index (χ1v) is 4.85. The molecule has 78 valence electrons. The summed E-state index contributed by atoms with van der Waals surface area (Å²) in [5.74, 6) is 0.380. The second-order valence-corrected chi connectivity index (χ2v) is 3.89. The Bertz CT molecular complexity index is 514. The summed E-state index contributed by atoms with van der Waals surface area (Å²) in [5, 5.41) is 13.6. The Hall–Kier alpha value is -1.84. The monoisotopic (exact) mass is 203 g/mol. The van der Waals surface area contributed by atoms with Crippen LogP contribution in [0.3, 0.4) is 0 Å². The lowest BCUT2D eigenvalue weighted by Gasteiger charge is -2.04. The topological polar surface area (TPSA) is 72.2 Å². The molecule has 0 spiro atoms. The predicted octanol–water partition coefficient (Wildman–Crippen LogP) is 3.66. The number of hydrogen-bond donors (Lipinski definition) is 3. The van der Waals surface area contributed by atoms with Crippen LogP contribution in [0.4, 0.5) is 5.69 Å². The number of aromatic amines is 1. The van der Waals surface area contributed by atoms with E-state index in [-0.39, 0.29) is 5.88 Å². The van der Waals surface area contributed by atoms with Crippen LogP contribution in [-0.4, -0.2) is 10.1 Å². The van der Waals surface area contributed by atoms with Gasteiger partial charge >= 0.3 is 0 Å². The minimum absolute atomic E-state index is 0.0408. The van der Waals surface area contributed by atoms with Gasteiger partial charge in [0.1, 0.15) is 0 Å². The molecule has 0 fully saturated rings. The maximum Gasteiger partial charge on any atom is 0.218 e. The summed E-state index contributed by atoms with van der Waals surface area (Å²) in [5.41, 5.74) is 9.30. The number of nitrogens with one attached hydrogen (secondary N) is 2. The number of aromatic hydroxyl groups is 1. The molecule has 0 saturated carbocycles.